The molecular formula is C11H22O2. The quantitative estimate of drug-likeness (QED) is 0.409. The molecule has 13 heavy (non-hydrogen) atoms. The van der Waals surface area contributed by atoms with E-state index in [1.807, 2.05) is 0 Å². The first-order chi connectivity index (χ1) is 6.35. The van der Waals surface area contributed by atoms with Gasteiger partial charge in [0.1, 0.15) is 6.29 Å². The molecular weight excluding hydrogens is 164 g/mol. The molecule has 78 valence electrons. The fourth-order valence-corrected chi connectivity index (χ4v) is 1.30. The Morgan fingerprint density at radius 3 is 2.54 bits per heavy atom. The summed E-state index contributed by atoms with van der Waals surface area (Å²) in [5.41, 5.74) is 0. The molecule has 0 saturated heterocycles. The average Bonchev–Trinajstić information content (AvgIpc) is 2.13. The number of ether oxygens (including phenoxy) is 1. The molecule has 0 spiro atoms. The highest BCUT2D eigenvalue weighted by atomic mass is 16.5. The highest BCUT2D eigenvalue weighted by molar-refractivity contribution is 5.50. The number of unbranched alkanes of at least 4 members (excludes halogenated alkanes) is 2. The van der Waals surface area contributed by atoms with Gasteiger partial charge in [0.25, 0.3) is 0 Å². The van der Waals surface area contributed by atoms with Crippen molar-refractivity contribution in [2.24, 2.45) is 0 Å². The van der Waals surface area contributed by atoms with Crippen LogP contribution in [0.5, 0.6) is 0 Å². The minimum atomic E-state index is 0.166. The third-order valence-electron chi connectivity index (χ3n) is 2.07. The molecule has 0 heterocycles. The lowest BCUT2D eigenvalue weighted by Gasteiger charge is -2.13. The van der Waals surface area contributed by atoms with Crippen molar-refractivity contribution in [2.75, 3.05) is 6.61 Å². The molecule has 2 nitrogen and oxygen atoms in total. The molecule has 0 amide bonds. The second-order valence-electron chi connectivity index (χ2n) is 3.39. The molecule has 0 aliphatic heterocycles. The van der Waals surface area contributed by atoms with E-state index < -0.39 is 0 Å². The molecule has 0 rings (SSSR count). The predicted molar refractivity (Wildman–Crippen MR) is 54.9 cm³/mol. The Kier molecular flexibility index (Phi) is 9.44. The van der Waals surface area contributed by atoms with E-state index in [2.05, 4.69) is 13.8 Å². The lowest BCUT2D eigenvalue weighted by molar-refractivity contribution is -0.110. The minimum absolute atomic E-state index is 0.166. The number of carbonyl (C=O) groups is 1. The first kappa shape index (κ1) is 12.6. The first-order valence-electron chi connectivity index (χ1n) is 5.40. The highest BCUT2D eigenvalue weighted by Gasteiger charge is 2.06. The Labute approximate surface area is 81.7 Å². The van der Waals surface area contributed by atoms with Crippen molar-refractivity contribution in [1.29, 1.82) is 0 Å². The molecule has 0 bridgehead atoms. The van der Waals surface area contributed by atoms with E-state index in [0.717, 1.165) is 32.2 Å². The summed E-state index contributed by atoms with van der Waals surface area (Å²) >= 11 is 0. The van der Waals surface area contributed by atoms with Crippen molar-refractivity contribution >= 4 is 6.29 Å². The van der Waals surface area contributed by atoms with E-state index in [9.17, 15) is 4.79 Å². The van der Waals surface area contributed by atoms with Crippen LogP contribution in [0.2, 0.25) is 0 Å². The van der Waals surface area contributed by atoms with Gasteiger partial charge >= 0.3 is 0 Å². The van der Waals surface area contributed by atoms with E-state index in [0.29, 0.717) is 6.42 Å². The van der Waals surface area contributed by atoms with Gasteiger partial charge in [-0.2, -0.15) is 0 Å². The topological polar surface area (TPSA) is 26.3 Å². The van der Waals surface area contributed by atoms with Gasteiger partial charge in [-0.1, -0.05) is 33.1 Å². The number of rotatable bonds is 9. The van der Waals surface area contributed by atoms with Gasteiger partial charge in [0.15, 0.2) is 0 Å². The van der Waals surface area contributed by atoms with Crippen molar-refractivity contribution in [2.45, 2.75) is 58.5 Å². The molecule has 0 aromatic rings. The highest BCUT2D eigenvalue weighted by Crippen LogP contribution is 2.06. The summed E-state index contributed by atoms with van der Waals surface area (Å²) in [6.07, 6.45) is 7.33. The van der Waals surface area contributed by atoms with Crippen LogP contribution in [0.25, 0.3) is 0 Å². The SMILES string of the molecule is CCCCCOC(CC=O)CCC. The lowest BCUT2D eigenvalue weighted by Crippen LogP contribution is -2.14. The first-order valence-corrected chi connectivity index (χ1v) is 5.40. The fourth-order valence-electron chi connectivity index (χ4n) is 1.30. The predicted octanol–water partition coefficient (Wildman–Crippen LogP) is 2.95. The molecule has 0 aliphatic rings. The molecule has 0 N–H and O–H groups in total. The summed E-state index contributed by atoms with van der Waals surface area (Å²) in [5, 5.41) is 0. The van der Waals surface area contributed by atoms with Gasteiger partial charge in [0.2, 0.25) is 0 Å². The Morgan fingerprint density at radius 1 is 1.23 bits per heavy atom. The number of hydrogen-bond acceptors (Lipinski definition) is 2. The average molecular weight is 186 g/mol. The lowest BCUT2D eigenvalue weighted by atomic mass is 10.1. The minimum Gasteiger partial charge on any atom is -0.378 e. The largest absolute Gasteiger partial charge is 0.378 e. The van der Waals surface area contributed by atoms with Crippen molar-refractivity contribution in [3.8, 4) is 0 Å². The summed E-state index contributed by atoms with van der Waals surface area (Å²) < 4.78 is 5.59. The summed E-state index contributed by atoms with van der Waals surface area (Å²) in [4.78, 5) is 10.3. The van der Waals surface area contributed by atoms with Crippen LogP contribution < -0.4 is 0 Å². The van der Waals surface area contributed by atoms with Crippen LogP contribution in [0, 0.1) is 0 Å². The summed E-state index contributed by atoms with van der Waals surface area (Å²) in [6.45, 7) is 5.11. The third kappa shape index (κ3) is 7.97. The number of hydrogen-bond donors (Lipinski definition) is 0. The normalized spacial score (nSPS) is 12.8. The van der Waals surface area contributed by atoms with Gasteiger partial charge in [-0.15, -0.1) is 0 Å². The van der Waals surface area contributed by atoms with Crippen LogP contribution in [0.4, 0.5) is 0 Å². The summed E-state index contributed by atoms with van der Waals surface area (Å²) in [5.74, 6) is 0. The summed E-state index contributed by atoms with van der Waals surface area (Å²) in [7, 11) is 0. The van der Waals surface area contributed by atoms with E-state index in [1.54, 1.807) is 0 Å². The van der Waals surface area contributed by atoms with Crippen LogP contribution in [-0.2, 0) is 9.53 Å². The smallest absolute Gasteiger partial charge is 0.122 e. The second kappa shape index (κ2) is 9.72. The van der Waals surface area contributed by atoms with Crippen LogP contribution in [0.1, 0.15) is 52.4 Å². The molecule has 0 saturated carbocycles. The zero-order chi connectivity index (χ0) is 9.94. The number of carbonyl (C=O) groups excluding carboxylic acids is 1. The summed E-state index contributed by atoms with van der Waals surface area (Å²) in [6, 6.07) is 0. The monoisotopic (exact) mass is 186 g/mol. The Morgan fingerprint density at radius 2 is 2.00 bits per heavy atom. The van der Waals surface area contributed by atoms with Gasteiger partial charge < -0.3 is 9.53 Å². The van der Waals surface area contributed by atoms with E-state index >= 15 is 0 Å². The van der Waals surface area contributed by atoms with Crippen LogP contribution in [0.3, 0.4) is 0 Å². The number of aldehydes is 1. The van der Waals surface area contributed by atoms with E-state index in [1.165, 1.54) is 12.8 Å². The Balaban J connectivity index is 3.38. The third-order valence-corrected chi connectivity index (χ3v) is 2.07. The van der Waals surface area contributed by atoms with Crippen molar-refractivity contribution in [1.82, 2.24) is 0 Å². The molecule has 0 aromatic carbocycles. The zero-order valence-electron chi connectivity index (χ0n) is 8.92. The fraction of sp³-hybridized carbons (Fsp3) is 0.909. The molecule has 1 unspecified atom stereocenters. The Hall–Kier alpha value is -0.370. The van der Waals surface area contributed by atoms with Gasteiger partial charge in [-0.3, -0.25) is 0 Å². The van der Waals surface area contributed by atoms with Gasteiger partial charge in [0, 0.05) is 13.0 Å². The molecule has 0 aliphatic carbocycles. The maximum absolute atomic E-state index is 10.3. The maximum Gasteiger partial charge on any atom is 0.122 e. The van der Waals surface area contributed by atoms with Crippen molar-refractivity contribution in [3.05, 3.63) is 0 Å². The zero-order valence-corrected chi connectivity index (χ0v) is 8.92. The van der Waals surface area contributed by atoms with Gasteiger partial charge in [-0.25, -0.2) is 0 Å². The van der Waals surface area contributed by atoms with E-state index in [4.69, 9.17) is 4.74 Å². The maximum atomic E-state index is 10.3. The van der Waals surface area contributed by atoms with Crippen LogP contribution in [0.15, 0.2) is 0 Å². The van der Waals surface area contributed by atoms with Crippen molar-refractivity contribution < 1.29 is 9.53 Å². The molecule has 0 aromatic heterocycles. The molecule has 0 fully saturated rings. The standard InChI is InChI=1S/C11H22O2/c1-3-5-6-10-13-11(7-4-2)8-9-12/h9,11H,3-8,10H2,1-2H3. The van der Waals surface area contributed by atoms with Crippen LogP contribution >= 0.6 is 0 Å². The van der Waals surface area contributed by atoms with E-state index in [-0.39, 0.29) is 6.10 Å². The molecule has 2 heteroatoms. The van der Waals surface area contributed by atoms with Gasteiger partial charge in [-0.05, 0) is 12.8 Å². The molecule has 1 atom stereocenters. The Bertz CT molecular complexity index is 113. The van der Waals surface area contributed by atoms with Crippen LogP contribution in [-0.4, -0.2) is 19.0 Å². The van der Waals surface area contributed by atoms with Crippen molar-refractivity contribution in [3.63, 3.8) is 0 Å². The van der Waals surface area contributed by atoms with Gasteiger partial charge in [0.05, 0.1) is 6.10 Å². The second-order valence-corrected chi connectivity index (χ2v) is 3.39. The molecule has 0 radical (unpaired) electrons.